The first-order chi connectivity index (χ1) is 14.3. The molecule has 158 valence electrons. The molecule has 0 saturated heterocycles. The highest BCUT2D eigenvalue weighted by Gasteiger charge is 2.22. The molecule has 3 aromatic rings. The van der Waals surface area contributed by atoms with Crippen molar-refractivity contribution in [3.63, 3.8) is 0 Å². The van der Waals surface area contributed by atoms with Gasteiger partial charge in [0.1, 0.15) is 5.82 Å². The van der Waals surface area contributed by atoms with Crippen molar-refractivity contribution in [1.82, 2.24) is 20.1 Å². The summed E-state index contributed by atoms with van der Waals surface area (Å²) in [5, 5.41) is 12.4. The Kier molecular flexibility index (Phi) is 7.32. The average Bonchev–Trinajstić information content (AvgIpc) is 3.08. The van der Waals surface area contributed by atoms with E-state index < -0.39 is 0 Å². The van der Waals surface area contributed by atoms with Gasteiger partial charge in [0.15, 0.2) is 5.16 Å². The number of nitrogens with one attached hydrogen (secondary N) is 1. The van der Waals surface area contributed by atoms with Crippen molar-refractivity contribution in [1.29, 1.82) is 0 Å². The van der Waals surface area contributed by atoms with Crippen LogP contribution in [0, 0.1) is 19.8 Å². The molecule has 0 bridgehead atoms. The standard InChI is InChI=1S/C24H30N4OS/c1-16(2)15-25-23(29)19(5)30-24-27-26-22(14-20-9-7-6-8-10-20)28(24)21-12-11-17(3)13-18(21)4/h6-13,16,19H,14-15H2,1-5H3,(H,25,29). The Morgan fingerprint density at radius 3 is 2.47 bits per heavy atom. The van der Waals surface area contributed by atoms with Crippen LogP contribution in [-0.4, -0.2) is 32.5 Å². The number of rotatable bonds is 8. The van der Waals surface area contributed by atoms with E-state index in [2.05, 4.69) is 78.1 Å². The molecule has 0 aliphatic rings. The molecule has 1 N–H and O–H groups in total. The third kappa shape index (κ3) is 5.51. The van der Waals surface area contributed by atoms with Crippen LogP contribution in [0.15, 0.2) is 53.7 Å². The molecule has 0 fully saturated rings. The second kappa shape index (κ2) is 9.94. The highest BCUT2D eigenvalue weighted by atomic mass is 32.2. The van der Waals surface area contributed by atoms with Gasteiger partial charge in [-0.3, -0.25) is 9.36 Å². The maximum atomic E-state index is 12.5. The Morgan fingerprint density at radius 1 is 1.07 bits per heavy atom. The van der Waals surface area contributed by atoms with Gasteiger partial charge in [0.05, 0.1) is 10.9 Å². The lowest BCUT2D eigenvalue weighted by Gasteiger charge is -2.16. The lowest BCUT2D eigenvalue weighted by molar-refractivity contribution is -0.120. The molecule has 0 radical (unpaired) electrons. The van der Waals surface area contributed by atoms with Gasteiger partial charge in [-0.05, 0) is 43.9 Å². The van der Waals surface area contributed by atoms with Gasteiger partial charge in [-0.25, -0.2) is 0 Å². The molecule has 0 saturated carbocycles. The van der Waals surface area contributed by atoms with Crippen molar-refractivity contribution >= 4 is 17.7 Å². The number of hydrogen-bond donors (Lipinski definition) is 1. The maximum Gasteiger partial charge on any atom is 0.233 e. The average molecular weight is 423 g/mol. The van der Waals surface area contributed by atoms with Crippen LogP contribution in [-0.2, 0) is 11.2 Å². The normalized spacial score (nSPS) is 12.2. The quantitative estimate of drug-likeness (QED) is 0.533. The Labute approximate surface area is 183 Å². The van der Waals surface area contributed by atoms with E-state index in [1.54, 1.807) is 0 Å². The summed E-state index contributed by atoms with van der Waals surface area (Å²) < 4.78 is 2.10. The van der Waals surface area contributed by atoms with E-state index in [4.69, 9.17) is 0 Å². The Balaban J connectivity index is 1.93. The van der Waals surface area contributed by atoms with Gasteiger partial charge in [-0.2, -0.15) is 0 Å². The highest BCUT2D eigenvalue weighted by molar-refractivity contribution is 8.00. The molecule has 0 aliphatic carbocycles. The zero-order valence-corrected chi connectivity index (χ0v) is 19.2. The van der Waals surface area contributed by atoms with Gasteiger partial charge in [-0.1, -0.05) is 73.6 Å². The van der Waals surface area contributed by atoms with Gasteiger partial charge in [0, 0.05) is 13.0 Å². The topological polar surface area (TPSA) is 59.8 Å². The number of amides is 1. The minimum Gasteiger partial charge on any atom is -0.355 e. The van der Waals surface area contributed by atoms with Crippen LogP contribution in [0.2, 0.25) is 0 Å². The molecule has 0 aliphatic heterocycles. The van der Waals surface area contributed by atoms with Crippen LogP contribution in [0.25, 0.3) is 5.69 Å². The molecular weight excluding hydrogens is 392 g/mol. The number of aromatic nitrogens is 3. The monoisotopic (exact) mass is 422 g/mol. The van der Waals surface area contributed by atoms with E-state index in [-0.39, 0.29) is 11.2 Å². The molecule has 6 heteroatoms. The smallest absolute Gasteiger partial charge is 0.233 e. The fourth-order valence-corrected chi connectivity index (χ4v) is 4.13. The molecule has 0 spiro atoms. The number of hydrogen-bond acceptors (Lipinski definition) is 4. The molecule has 30 heavy (non-hydrogen) atoms. The zero-order chi connectivity index (χ0) is 21.7. The number of carbonyl (C=O) groups is 1. The lowest BCUT2D eigenvalue weighted by Crippen LogP contribution is -2.33. The highest BCUT2D eigenvalue weighted by Crippen LogP contribution is 2.28. The van der Waals surface area contributed by atoms with E-state index in [0.717, 1.165) is 22.2 Å². The van der Waals surface area contributed by atoms with Crippen molar-refractivity contribution in [2.75, 3.05) is 6.54 Å². The number of aryl methyl sites for hydroxylation is 2. The number of thioether (sulfide) groups is 1. The van der Waals surface area contributed by atoms with Crippen molar-refractivity contribution in [2.24, 2.45) is 5.92 Å². The molecule has 1 heterocycles. The summed E-state index contributed by atoms with van der Waals surface area (Å²) in [5.41, 5.74) is 4.59. The predicted octanol–water partition coefficient (Wildman–Crippen LogP) is 4.73. The van der Waals surface area contributed by atoms with Crippen LogP contribution in [0.4, 0.5) is 0 Å². The SMILES string of the molecule is Cc1ccc(-n2c(Cc3ccccc3)nnc2SC(C)C(=O)NCC(C)C)c(C)c1. The van der Waals surface area contributed by atoms with Crippen molar-refractivity contribution in [2.45, 2.75) is 51.4 Å². The van der Waals surface area contributed by atoms with Crippen molar-refractivity contribution in [3.05, 3.63) is 71.0 Å². The van der Waals surface area contributed by atoms with Crippen LogP contribution in [0.1, 0.15) is 43.3 Å². The largest absolute Gasteiger partial charge is 0.355 e. The van der Waals surface area contributed by atoms with Crippen LogP contribution in [0.3, 0.4) is 0 Å². The lowest BCUT2D eigenvalue weighted by atomic mass is 10.1. The minimum atomic E-state index is -0.262. The Morgan fingerprint density at radius 2 is 1.80 bits per heavy atom. The zero-order valence-electron chi connectivity index (χ0n) is 18.3. The summed E-state index contributed by atoms with van der Waals surface area (Å²) >= 11 is 1.45. The van der Waals surface area contributed by atoms with E-state index in [0.29, 0.717) is 18.9 Å². The first-order valence-electron chi connectivity index (χ1n) is 10.4. The first kappa shape index (κ1) is 22.1. The fraction of sp³-hybridized carbons (Fsp3) is 0.375. The molecule has 1 amide bonds. The van der Waals surface area contributed by atoms with Gasteiger partial charge in [0.25, 0.3) is 0 Å². The van der Waals surface area contributed by atoms with Gasteiger partial charge in [-0.15, -0.1) is 10.2 Å². The molecule has 2 aromatic carbocycles. The molecule has 1 aromatic heterocycles. The van der Waals surface area contributed by atoms with E-state index in [9.17, 15) is 4.79 Å². The fourth-order valence-electron chi connectivity index (χ4n) is 3.23. The Hall–Kier alpha value is -2.60. The summed E-state index contributed by atoms with van der Waals surface area (Å²) in [4.78, 5) is 12.5. The molecular formula is C24H30N4OS. The third-order valence-electron chi connectivity index (χ3n) is 4.83. The molecule has 1 unspecified atom stereocenters. The maximum absolute atomic E-state index is 12.5. The molecule has 1 atom stereocenters. The minimum absolute atomic E-state index is 0.0217. The van der Waals surface area contributed by atoms with E-state index in [1.165, 1.54) is 22.9 Å². The summed E-state index contributed by atoms with van der Waals surface area (Å²) in [6.45, 7) is 11.0. The molecule has 3 rings (SSSR count). The van der Waals surface area contributed by atoms with Crippen molar-refractivity contribution < 1.29 is 4.79 Å². The van der Waals surface area contributed by atoms with Gasteiger partial charge < -0.3 is 5.32 Å². The number of benzene rings is 2. The van der Waals surface area contributed by atoms with Crippen LogP contribution >= 0.6 is 11.8 Å². The van der Waals surface area contributed by atoms with E-state index in [1.807, 2.05) is 25.1 Å². The molecule has 5 nitrogen and oxygen atoms in total. The van der Waals surface area contributed by atoms with Crippen LogP contribution < -0.4 is 5.32 Å². The summed E-state index contributed by atoms with van der Waals surface area (Å²) in [7, 11) is 0. The summed E-state index contributed by atoms with van der Waals surface area (Å²) in [6.07, 6.45) is 0.676. The first-order valence-corrected chi connectivity index (χ1v) is 11.2. The van der Waals surface area contributed by atoms with Gasteiger partial charge in [0.2, 0.25) is 5.91 Å². The van der Waals surface area contributed by atoms with E-state index >= 15 is 0 Å². The second-order valence-corrected chi connectivity index (χ2v) is 9.39. The second-order valence-electron chi connectivity index (χ2n) is 8.09. The third-order valence-corrected chi connectivity index (χ3v) is 5.88. The summed E-state index contributed by atoms with van der Waals surface area (Å²) in [5.74, 6) is 1.31. The summed E-state index contributed by atoms with van der Waals surface area (Å²) in [6, 6.07) is 16.6. The Bertz CT molecular complexity index is 998. The van der Waals surface area contributed by atoms with Crippen molar-refractivity contribution in [3.8, 4) is 5.69 Å². The van der Waals surface area contributed by atoms with Crippen LogP contribution in [0.5, 0.6) is 0 Å². The number of carbonyl (C=O) groups excluding carboxylic acids is 1. The van der Waals surface area contributed by atoms with Gasteiger partial charge >= 0.3 is 0 Å². The number of nitrogens with zero attached hydrogens (tertiary/aromatic N) is 3. The predicted molar refractivity (Wildman–Crippen MR) is 123 cm³/mol.